The van der Waals surface area contributed by atoms with Crippen molar-refractivity contribution in [3.8, 4) is 0 Å². The van der Waals surface area contributed by atoms with Crippen LogP contribution in [0.5, 0.6) is 0 Å². The largest absolute Gasteiger partial charge is 1.00 e. The van der Waals surface area contributed by atoms with Crippen LogP contribution in [0.1, 0.15) is 43.4 Å². The number of benzene rings is 1. The van der Waals surface area contributed by atoms with Crippen molar-refractivity contribution in [1.82, 2.24) is 0 Å². The van der Waals surface area contributed by atoms with E-state index in [2.05, 4.69) is 31.5 Å². The van der Waals surface area contributed by atoms with Gasteiger partial charge in [-0.1, -0.05) is 50.1 Å². The van der Waals surface area contributed by atoms with E-state index in [0.717, 1.165) is 12.0 Å². The lowest BCUT2D eigenvalue weighted by molar-refractivity contribution is -0.704. The number of unbranched alkanes of at least 4 members (excludes halogenated alkanes) is 2. The molecule has 1 aromatic carbocycles. The van der Waals surface area contributed by atoms with Gasteiger partial charge >= 0.3 is 0 Å². The minimum absolute atomic E-state index is 0. The highest BCUT2D eigenvalue weighted by Crippen LogP contribution is 2.12. The molecule has 3 heteroatoms. The van der Waals surface area contributed by atoms with Crippen LogP contribution in [0.4, 0.5) is 0 Å². The number of aryl methyl sites for hydroxylation is 1. The average Bonchev–Trinajstić information content (AvgIpc) is 2.50. The van der Waals surface area contributed by atoms with Crippen LogP contribution < -0.4 is 21.5 Å². The molecule has 0 fully saturated rings. The van der Waals surface area contributed by atoms with Gasteiger partial charge in [-0.15, -0.1) is 0 Å². The fourth-order valence-corrected chi connectivity index (χ4v) is 2.34. The predicted molar refractivity (Wildman–Crippen MR) is 81.3 cm³/mol. The molecule has 0 aliphatic heterocycles. The Morgan fingerprint density at radius 2 is 1.67 bits per heavy atom. The fraction of sp³-hybridized carbons (Fsp3) is 0.389. The first-order valence-corrected chi connectivity index (χ1v) is 7.50. The lowest BCUT2D eigenvalue weighted by Crippen LogP contribution is -3.00. The van der Waals surface area contributed by atoms with Gasteiger partial charge in [0.25, 0.3) is 0 Å². The third-order valence-corrected chi connectivity index (χ3v) is 3.60. The Hall–Kier alpha value is -1.19. The minimum atomic E-state index is -0.452. The second-order valence-electron chi connectivity index (χ2n) is 5.29. The van der Waals surface area contributed by atoms with Crippen LogP contribution in [-0.4, -0.2) is 5.11 Å². The molecule has 1 heterocycles. The number of nitrogens with zero attached hydrogens (tertiary/aromatic N) is 1. The van der Waals surface area contributed by atoms with Gasteiger partial charge in [-0.2, -0.15) is 0 Å². The number of aliphatic hydroxyl groups is 1. The van der Waals surface area contributed by atoms with Crippen molar-refractivity contribution in [2.24, 2.45) is 0 Å². The molecule has 1 unspecified atom stereocenters. The Morgan fingerprint density at radius 1 is 1.00 bits per heavy atom. The second-order valence-corrected chi connectivity index (χ2v) is 5.29. The number of aromatic nitrogens is 1. The maximum Gasteiger partial charge on any atom is 0.178 e. The van der Waals surface area contributed by atoms with Crippen molar-refractivity contribution in [2.75, 3.05) is 0 Å². The Morgan fingerprint density at radius 3 is 2.29 bits per heavy atom. The molecule has 0 radical (unpaired) electrons. The van der Waals surface area contributed by atoms with E-state index in [0.29, 0.717) is 6.54 Å². The Balaban J connectivity index is 0.00000220. The molecule has 114 valence electrons. The molecule has 1 atom stereocenters. The highest BCUT2D eigenvalue weighted by Gasteiger charge is 2.12. The maximum atomic E-state index is 10.2. The number of pyridine rings is 1. The lowest BCUT2D eigenvalue weighted by atomic mass is 10.1. The molecule has 1 aromatic heterocycles. The first-order valence-electron chi connectivity index (χ1n) is 7.50. The molecule has 2 nitrogen and oxygen atoms in total. The van der Waals surface area contributed by atoms with Crippen LogP contribution in [0, 0.1) is 0 Å². The van der Waals surface area contributed by atoms with Crippen LogP contribution >= 0.6 is 0 Å². The number of hydrogen-bond donors (Lipinski definition) is 1. The van der Waals surface area contributed by atoms with Crippen LogP contribution in [-0.2, 0) is 13.0 Å². The highest BCUT2D eigenvalue weighted by atomic mass is 79.9. The summed E-state index contributed by atoms with van der Waals surface area (Å²) in [5, 5.41) is 10.2. The third kappa shape index (κ3) is 5.98. The zero-order valence-electron chi connectivity index (χ0n) is 12.6. The maximum absolute atomic E-state index is 10.2. The Kier molecular flexibility index (Phi) is 8.24. The standard InChI is InChI=1S/C18H24NO.BrH/c1-2-3-5-8-16-11-13-19(14-12-16)15-18(20)17-9-6-4-7-10-17;/h4,6-7,9-14,18,20H,2-3,5,8,15H2,1H3;1H/q+1;/p-1. The zero-order valence-corrected chi connectivity index (χ0v) is 14.2. The van der Waals surface area contributed by atoms with Crippen molar-refractivity contribution in [2.45, 2.75) is 45.3 Å². The quantitative estimate of drug-likeness (QED) is 0.569. The summed E-state index contributed by atoms with van der Waals surface area (Å²) in [5.41, 5.74) is 2.34. The molecule has 0 aliphatic rings. The van der Waals surface area contributed by atoms with E-state index in [1.54, 1.807) is 0 Å². The lowest BCUT2D eigenvalue weighted by Gasteiger charge is -2.07. The fourth-order valence-electron chi connectivity index (χ4n) is 2.34. The van der Waals surface area contributed by atoms with E-state index < -0.39 is 6.10 Å². The SMILES string of the molecule is CCCCCc1cc[n+](CC(O)c2ccccc2)cc1.[Br-]. The van der Waals surface area contributed by atoms with Gasteiger partial charge in [0.15, 0.2) is 18.9 Å². The molecule has 0 spiro atoms. The molecule has 1 N–H and O–H groups in total. The van der Waals surface area contributed by atoms with Crippen molar-refractivity contribution in [1.29, 1.82) is 0 Å². The van der Waals surface area contributed by atoms with Crippen molar-refractivity contribution >= 4 is 0 Å². The molecule has 0 saturated heterocycles. The number of hydrogen-bond acceptors (Lipinski definition) is 1. The van der Waals surface area contributed by atoms with Gasteiger partial charge in [-0.05, 0) is 24.0 Å². The molecule has 0 aliphatic carbocycles. The molecule has 2 aromatic rings. The van der Waals surface area contributed by atoms with Crippen LogP contribution in [0.25, 0.3) is 0 Å². The number of aliphatic hydroxyl groups excluding tert-OH is 1. The topological polar surface area (TPSA) is 24.1 Å². The van der Waals surface area contributed by atoms with Gasteiger partial charge in [0, 0.05) is 12.1 Å². The van der Waals surface area contributed by atoms with Crippen LogP contribution in [0.2, 0.25) is 0 Å². The molecule has 0 saturated carbocycles. The first-order chi connectivity index (χ1) is 9.79. The Labute approximate surface area is 138 Å². The normalized spacial score (nSPS) is 11.7. The second kappa shape index (κ2) is 9.69. The van der Waals surface area contributed by atoms with E-state index >= 15 is 0 Å². The summed E-state index contributed by atoms with van der Waals surface area (Å²) in [4.78, 5) is 0. The van der Waals surface area contributed by atoms with Gasteiger partial charge in [0.05, 0.1) is 0 Å². The smallest absolute Gasteiger partial charge is 0.178 e. The van der Waals surface area contributed by atoms with Gasteiger partial charge in [-0.25, -0.2) is 4.57 Å². The summed E-state index contributed by atoms with van der Waals surface area (Å²) >= 11 is 0. The van der Waals surface area contributed by atoms with E-state index in [1.165, 1.54) is 24.8 Å². The highest BCUT2D eigenvalue weighted by molar-refractivity contribution is 5.16. The summed E-state index contributed by atoms with van der Waals surface area (Å²) in [5.74, 6) is 0. The molecule has 2 rings (SSSR count). The molecular weight excluding hydrogens is 326 g/mol. The van der Waals surface area contributed by atoms with E-state index in [9.17, 15) is 5.11 Å². The van der Waals surface area contributed by atoms with Gasteiger partial charge in [-0.3, -0.25) is 0 Å². The zero-order chi connectivity index (χ0) is 14.2. The summed E-state index contributed by atoms with van der Waals surface area (Å²) in [6, 6.07) is 14.1. The third-order valence-electron chi connectivity index (χ3n) is 3.60. The van der Waals surface area contributed by atoms with Crippen molar-refractivity contribution in [3.63, 3.8) is 0 Å². The number of rotatable bonds is 7. The summed E-state index contributed by atoms with van der Waals surface area (Å²) in [7, 11) is 0. The molecule has 21 heavy (non-hydrogen) atoms. The van der Waals surface area contributed by atoms with E-state index in [1.807, 2.05) is 34.9 Å². The Bertz CT molecular complexity index is 498. The first kappa shape index (κ1) is 17.9. The average molecular weight is 350 g/mol. The minimum Gasteiger partial charge on any atom is -1.00 e. The molecule has 0 amide bonds. The predicted octanol–water partition coefficient (Wildman–Crippen LogP) is 0.444. The van der Waals surface area contributed by atoms with Gasteiger partial charge in [0.2, 0.25) is 0 Å². The van der Waals surface area contributed by atoms with Crippen LogP contribution in [0.15, 0.2) is 54.9 Å². The van der Waals surface area contributed by atoms with Crippen molar-refractivity contribution in [3.05, 3.63) is 66.0 Å². The summed E-state index contributed by atoms with van der Waals surface area (Å²) < 4.78 is 2.04. The van der Waals surface area contributed by atoms with Crippen molar-refractivity contribution < 1.29 is 26.7 Å². The molecular formula is C18H24BrNO. The van der Waals surface area contributed by atoms with Gasteiger partial charge < -0.3 is 22.1 Å². The summed E-state index contributed by atoms with van der Waals surface area (Å²) in [6.07, 6.45) is 8.63. The summed E-state index contributed by atoms with van der Waals surface area (Å²) in [6.45, 7) is 2.82. The van der Waals surface area contributed by atoms with Crippen LogP contribution in [0.3, 0.4) is 0 Å². The monoisotopic (exact) mass is 349 g/mol. The van der Waals surface area contributed by atoms with E-state index in [4.69, 9.17) is 0 Å². The number of halogens is 1. The van der Waals surface area contributed by atoms with E-state index in [-0.39, 0.29) is 17.0 Å². The molecule has 0 bridgehead atoms. The van der Waals surface area contributed by atoms with Gasteiger partial charge in [0.1, 0.15) is 6.10 Å².